The van der Waals surface area contributed by atoms with Crippen LogP contribution in [0.2, 0.25) is 0 Å². The van der Waals surface area contributed by atoms with Crippen molar-refractivity contribution in [1.29, 1.82) is 0 Å². The smallest absolute Gasteiger partial charge is 0.417 e. The zero-order valence-corrected chi connectivity index (χ0v) is 9.11. The van der Waals surface area contributed by atoms with Crippen molar-refractivity contribution >= 4 is 12.5 Å². The first-order valence-electron chi connectivity index (χ1n) is 4.41. The van der Waals surface area contributed by atoms with Crippen molar-refractivity contribution in [3.05, 3.63) is 12.7 Å². The first-order valence-corrected chi connectivity index (χ1v) is 4.41. The molecule has 0 radical (unpaired) electrons. The third kappa shape index (κ3) is 4.07. The molecule has 80 valence electrons. The molecule has 0 bridgehead atoms. The van der Waals surface area contributed by atoms with Crippen LogP contribution in [0, 0.1) is 0 Å². The SMILES string of the molecule is C=C[C@@H](C)N(C=O)C(=O)OC(C)(C)C. The van der Waals surface area contributed by atoms with Gasteiger partial charge in [0.15, 0.2) is 0 Å². The van der Waals surface area contributed by atoms with E-state index in [-0.39, 0.29) is 6.04 Å². The fourth-order valence-corrected chi connectivity index (χ4v) is 0.733. The molecule has 0 N–H and O–H groups in total. The summed E-state index contributed by atoms with van der Waals surface area (Å²) < 4.78 is 5.02. The van der Waals surface area contributed by atoms with E-state index in [4.69, 9.17) is 4.74 Å². The first-order chi connectivity index (χ1) is 6.31. The van der Waals surface area contributed by atoms with Gasteiger partial charge in [-0.15, -0.1) is 6.58 Å². The average Bonchev–Trinajstić information content (AvgIpc) is 2.01. The Morgan fingerprint density at radius 1 is 1.50 bits per heavy atom. The van der Waals surface area contributed by atoms with Gasteiger partial charge in [0.25, 0.3) is 0 Å². The molecule has 4 heteroatoms. The van der Waals surface area contributed by atoms with Crippen LogP contribution < -0.4 is 0 Å². The lowest BCUT2D eigenvalue weighted by molar-refractivity contribution is -0.118. The van der Waals surface area contributed by atoms with Gasteiger partial charge in [0, 0.05) is 0 Å². The summed E-state index contributed by atoms with van der Waals surface area (Å²) in [5, 5.41) is 0. The number of ether oxygens (including phenoxy) is 1. The van der Waals surface area contributed by atoms with Gasteiger partial charge in [0.2, 0.25) is 6.41 Å². The van der Waals surface area contributed by atoms with E-state index >= 15 is 0 Å². The maximum Gasteiger partial charge on any atom is 0.417 e. The number of nitrogens with zero attached hydrogens (tertiary/aromatic N) is 1. The lowest BCUT2D eigenvalue weighted by Gasteiger charge is -2.25. The van der Waals surface area contributed by atoms with E-state index in [1.165, 1.54) is 6.08 Å². The topological polar surface area (TPSA) is 46.6 Å². The summed E-state index contributed by atoms with van der Waals surface area (Å²) in [5.74, 6) is 0. The summed E-state index contributed by atoms with van der Waals surface area (Å²) in [4.78, 5) is 23.0. The highest BCUT2D eigenvalue weighted by atomic mass is 16.6. The quantitative estimate of drug-likeness (QED) is 0.515. The number of hydrogen-bond acceptors (Lipinski definition) is 3. The normalized spacial score (nSPS) is 12.9. The summed E-state index contributed by atoms with van der Waals surface area (Å²) in [6.07, 6.45) is 1.29. The van der Waals surface area contributed by atoms with Gasteiger partial charge in [-0.1, -0.05) is 6.08 Å². The van der Waals surface area contributed by atoms with Gasteiger partial charge >= 0.3 is 6.09 Å². The Hall–Kier alpha value is -1.32. The van der Waals surface area contributed by atoms with Crippen molar-refractivity contribution in [1.82, 2.24) is 4.90 Å². The van der Waals surface area contributed by atoms with Crippen LogP contribution in [0.4, 0.5) is 4.79 Å². The summed E-state index contributed by atoms with van der Waals surface area (Å²) in [7, 11) is 0. The number of rotatable bonds is 3. The highest BCUT2D eigenvalue weighted by molar-refractivity contribution is 5.81. The van der Waals surface area contributed by atoms with Crippen molar-refractivity contribution in [2.45, 2.75) is 39.3 Å². The predicted molar refractivity (Wildman–Crippen MR) is 53.8 cm³/mol. The van der Waals surface area contributed by atoms with E-state index in [1.807, 2.05) is 0 Å². The molecule has 0 aromatic rings. The molecule has 0 aliphatic heterocycles. The summed E-state index contributed by atoms with van der Waals surface area (Å²) in [6.45, 7) is 10.4. The molecular formula is C10H17NO3. The molecule has 0 aromatic heterocycles. The van der Waals surface area contributed by atoms with Crippen LogP contribution in [0.5, 0.6) is 0 Å². The fourth-order valence-electron chi connectivity index (χ4n) is 0.733. The third-order valence-corrected chi connectivity index (χ3v) is 1.50. The van der Waals surface area contributed by atoms with Crippen LogP contribution in [-0.4, -0.2) is 29.0 Å². The van der Waals surface area contributed by atoms with Crippen LogP contribution >= 0.6 is 0 Å². The number of amides is 2. The Balaban J connectivity index is 4.48. The van der Waals surface area contributed by atoms with Crippen LogP contribution in [0.25, 0.3) is 0 Å². The molecule has 0 unspecified atom stereocenters. The second-order valence-electron chi connectivity index (χ2n) is 3.97. The number of carbonyl (C=O) groups is 2. The van der Waals surface area contributed by atoms with Crippen molar-refractivity contribution < 1.29 is 14.3 Å². The Morgan fingerprint density at radius 2 is 2.00 bits per heavy atom. The highest BCUT2D eigenvalue weighted by Gasteiger charge is 2.24. The van der Waals surface area contributed by atoms with Gasteiger partial charge in [-0.3, -0.25) is 4.79 Å². The summed E-state index contributed by atoms with van der Waals surface area (Å²) >= 11 is 0. The Kier molecular flexibility index (Phi) is 4.34. The summed E-state index contributed by atoms with van der Waals surface area (Å²) in [6, 6.07) is -0.359. The maximum atomic E-state index is 11.4. The lowest BCUT2D eigenvalue weighted by Crippen LogP contribution is -2.40. The minimum Gasteiger partial charge on any atom is -0.443 e. The average molecular weight is 199 g/mol. The zero-order valence-electron chi connectivity index (χ0n) is 9.11. The second-order valence-corrected chi connectivity index (χ2v) is 3.97. The molecule has 0 saturated carbocycles. The van der Waals surface area contributed by atoms with Gasteiger partial charge in [-0.2, -0.15) is 0 Å². The molecule has 2 amide bonds. The molecule has 0 aromatic carbocycles. The molecule has 0 aliphatic rings. The number of hydrogen-bond donors (Lipinski definition) is 0. The van der Waals surface area contributed by atoms with E-state index < -0.39 is 11.7 Å². The molecule has 4 nitrogen and oxygen atoms in total. The van der Waals surface area contributed by atoms with E-state index in [2.05, 4.69) is 6.58 Å². The third-order valence-electron chi connectivity index (χ3n) is 1.50. The van der Waals surface area contributed by atoms with Crippen molar-refractivity contribution in [3.63, 3.8) is 0 Å². The van der Waals surface area contributed by atoms with Crippen LogP contribution in [0.3, 0.4) is 0 Å². The van der Waals surface area contributed by atoms with Crippen LogP contribution in [0.1, 0.15) is 27.7 Å². The minimum absolute atomic E-state index is 0.359. The minimum atomic E-state index is -0.653. The van der Waals surface area contributed by atoms with Crippen molar-refractivity contribution in [2.24, 2.45) is 0 Å². The largest absolute Gasteiger partial charge is 0.443 e. The zero-order chi connectivity index (χ0) is 11.4. The van der Waals surface area contributed by atoms with Crippen LogP contribution in [0.15, 0.2) is 12.7 Å². The second kappa shape index (κ2) is 4.79. The molecular weight excluding hydrogens is 182 g/mol. The molecule has 1 atom stereocenters. The molecule has 0 spiro atoms. The van der Waals surface area contributed by atoms with E-state index in [1.54, 1.807) is 27.7 Å². The lowest BCUT2D eigenvalue weighted by atomic mass is 10.2. The van der Waals surface area contributed by atoms with Gasteiger partial charge < -0.3 is 4.74 Å². The van der Waals surface area contributed by atoms with Gasteiger partial charge in [0.05, 0.1) is 6.04 Å². The Labute approximate surface area is 84.5 Å². The molecule has 0 rings (SSSR count). The van der Waals surface area contributed by atoms with Gasteiger partial charge in [-0.25, -0.2) is 9.69 Å². The highest BCUT2D eigenvalue weighted by Crippen LogP contribution is 2.10. The molecule has 0 saturated heterocycles. The van der Waals surface area contributed by atoms with Crippen molar-refractivity contribution in [2.75, 3.05) is 0 Å². The number of carbonyl (C=O) groups excluding carboxylic acids is 2. The van der Waals surface area contributed by atoms with Crippen LogP contribution in [-0.2, 0) is 9.53 Å². The number of imide groups is 1. The monoisotopic (exact) mass is 199 g/mol. The molecule has 14 heavy (non-hydrogen) atoms. The first kappa shape index (κ1) is 12.7. The van der Waals surface area contributed by atoms with E-state index in [0.29, 0.717) is 6.41 Å². The Bertz CT molecular complexity index is 230. The van der Waals surface area contributed by atoms with E-state index in [9.17, 15) is 9.59 Å². The molecule has 0 fully saturated rings. The maximum absolute atomic E-state index is 11.4. The van der Waals surface area contributed by atoms with Gasteiger partial charge in [-0.05, 0) is 27.7 Å². The van der Waals surface area contributed by atoms with E-state index in [0.717, 1.165) is 4.90 Å². The predicted octanol–water partition coefficient (Wildman–Crippen LogP) is 1.95. The van der Waals surface area contributed by atoms with Gasteiger partial charge in [0.1, 0.15) is 5.60 Å². The molecule has 0 heterocycles. The molecule has 0 aliphatic carbocycles. The standard InChI is InChI=1S/C10H17NO3/c1-6-8(2)11(7-12)9(13)14-10(3,4)5/h6-8H,1H2,2-5H3/t8-/m1/s1. The summed E-state index contributed by atoms with van der Waals surface area (Å²) in [5.41, 5.74) is -0.598. The fraction of sp³-hybridized carbons (Fsp3) is 0.600. The Morgan fingerprint density at radius 3 is 2.29 bits per heavy atom. The van der Waals surface area contributed by atoms with Crippen molar-refractivity contribution in [3.8, 4) is 0 Å².